The number of likely N-dealkylation sites (N-methyl/N-ethyl adjacent to an activating group) is 1. The molecule has 3 fully saturated rings. The van der Waals surface area contributed by atoms with Gasteiger partial charge in [0, 0.05) is 51.9 Å². The van der Waals surface area contributed by atoms with E-state index in [1.165, 1.54) is 64.1 Å². The van der Waals surface area contributed by atoms with Gasteiger partial charge >= 0.3 is 24.3 Å². The molecule has 37 heavy (non-hydrogen) atoms. The summed E-state index contributed by atoms with van der Waals surface area (Å²) in [6.07, 6.45) is -6.49. The van der Waals surface area contributed by atoms with Gasteiger partial charge in [-0.2, -0.15) is 37.7 Å². The van der Waals surface area contributed by atoms with Crippen LogP contribution in [-0.2, 0) is 20.9 Å². The molecule has 2 N–H and O–H groups in total. The standard InChI is InChI=1S/C18H29N3OS.2C2HF3O2/c1-19-7-9-21(10-8-19)17-12-18(22-14-17)3-5-20(6-4-18)13-16-2-11-23-15-16;2*3-2(4,5)1(6)7/h2,11,15,17H,3-10,12-14H2,1H3;2*(H,6,7). The lowest BCUT2D eigenvalue weighted by molar-refractivity contribution is -0.193. The molecule has 3 aliphatic heterocycles. The molecule has 4 heterocycles. The van der Waals surface area contributed by atoms with Crippen LogP contribution in [0.3, 0.4) is 0 Å². The summed E-state index contributed by atoms with van der Waals surface area (Å²) < 4.78 is 69.8. The van der Waals surface area contributed by atoms with Gasteiger partial charge < -0.3 is 19.8 Å². The molecule has 1 aromatic rings. The fourth-order valence-corrected chi connectivity index (χ4v) is 5.01. The Kier molecular flexibility index (Phi) is 11.2. The minimum atomic E-state index is -5.08. The summed E-state index contributed by atoms with van der Waals surface area (Å²) in [6.45, 7) is 9.28. The van der Waals surface area contributed by atoms with E-state index in [0.29, 0.717) is 6.04 Å². The minimum absolute atomic E-state index is 0.180. The van der Waals surface area contributed by atoms with Gasteiger partial charge in [0.15, 0.2) is 0 Å². The van der Waals surface area contributed by atoms with Crippen molar-refractivity contribution in [3.8, 4) is 0 Å². The van der Waals surface area contributed by atoms with Gasteiger partial charge in [-0.25, -0.2) is 9.59 Å². The topological polar surface area (TPSA) is 93.5 Å². The third-order valence-corrected chi connectivity index (χ3v) is 7.21. The van der Waals surface area contributed by atoms with E-state index in [0.717, 1.165) is 13.2 Å². The van der Waals surface area contributed by atoms with Crippen molar-refractivity contribution in [2.75, 3.05) is 52.9 Å². The molecule has 212 valence electrons. The van der Waals surface area contributed by atoms with Gasteiger partial charge in [0.25, 0.3) is 0 Å². The second kappa shape index (κ2) is 13.2. The molecule has 1 aromatic heterocycles. The molecule has 0 saturated carbocycles. The number of hydrogen-bond acceptors (Lipinski definition) is 7. The molecule has 0 aromatic carbocycles. The molecule has 0 bridgehead atoms. The van der Waals surface area contributed by atoms with Crippen LogP contribution >= 0.6 is 11.3 Å². The number of halogens is 6. The minimum Gasteiger partial charge on any atom is -0.475 e. The number of piperazine rings is 1. The highest BCUT2D eigenvalue weighted by Gasteiger charge is 2.44. The number of thiophene rings is 1. The summed E-state index contributed by atoms with van der Waals surface area (Å²) >= 11 is 1.80. The van der Waals surface area contributed by atoms with Crippen molar-refractivity contribution in [1.82, 2.24) is 14.7 Å². The van der Waals surface area contributed by atoms with Crippen LogP contribution in [0.4, 0.5) is 26.3 Å². The fraction of sp³-hybridized carbons (Fsp3) is 0.727. The Balaban J connectivity index is 0.000000286. The van der Waals surface area contributed by atoms with Crippen LogP contribution in [0.5, 0.6) is 0 Å². The predicted octanol–water partition coefficient (Wildman–Crippen LogP) is 3.39. The van der Waals surface area contributed by atoms with Gasteiger partial charge in [-0.3, -0.25) is 9.80 Å². The van der Waals surface area contributed by atoms with E-state index in [9.17, 15) is 26.3 Å². The van der Waals surface area contributed by atoms with Crippen LogP contribution in [0.25, 0.3) is 0 Å². The van der Waals surface area contributed by atoms with Crippen LogP contribution in [0, 0.1) is 0 Å². The van der Waals surface area contributed by atoms with Gasteiger partial charge in [0.1, 0.15) is 0 Å². The summed E-state index contributed by atoms with van der Waals surface area (Å²) in [6, 6.07) is 2.91. The van der Waals surface area contributed by atoms with Crippen molar-refractivity contribution in [2.45, 2.75) is 49.8 Å². The molecule has 1 unspecified atom stereocenters. The molecule has 3 aliphatic rings. The number of nitrogens with zero attached hydrogens (tertiary/aromatic N) is 3. The highest BCUT2D eigenvalue weighted by molar-refractivity contribution is 7.07. The third-order valence-electron chi connectivity index (χ3n) is 6.48. The normalized spacial score (nSPS) is 23.1. The maximum atomic E-state index is 10.6. The van der Waals surface area contributed by atoms with Gasteiger partial charge in [-0.1, -0.05) is 0 Å². The van der Waals surface area contributed by atoms with E-state index in [-0.39, 0.29) is 5.60 Å². The number of aliphatic carboxylic acids is 2. The first-order chi connectivity index (χ1) is 17.1. The van der Waals surface area contributed by atoms with Gasteiger partial charge in [0.05, 0.1) is 12.2 Å². The number of carboxylic acid groups (broad SMARTS) is 2. The number of hydrogen-bond donors (Lipinski definition) is 2. The summed E-state index contributed by atoms with van der Waals surface area (Å²) in [5.41, 5.74) is 1.65. The first-order valence-electron chi connectivity index (χ1n) is 11.5. The Morgan fingerprint density at radius 3 is 1.95 bits per heavy atom. The van der Waals surface area contributed by atoms with Crippen LogP contribution in [0.1, 0.15) is 24.8 Å². The molecular formula is C22H31F6N3O5S. The summed E-state index contributed by atoms with van der Waals surface area (Å²) in [5, 5.41) is 18.7. The Labute approximate surface area is 214 Å². The fourth-order valence-electron chi connectivity index (χ4n) is 4.35. The van der Waals surface area contributed by atoms with Gasteiger partial charge in [-0.15, -0.1) is 0 Å². The lowest BCUT2D eigenvalue weighted by Gasteiger charge is -2.40. The van der Waals surface area contributed by atoms with Crippen molar-refractivity contribution in [3.63, 3.8) is 0 Å². The molecule has 0 aliphatic carbocycles. The molecular weight excluding hydrogens is 532 g/mol. The zero-order valence-electron chi connectivity index (χ0n) is 20.2. The van der Waals surface area contributed by atoms with Crippen LogP contribution in [0.2, 0.25) is 0 Å². The Bertz CT molecular complexity index is 828. The monoisotopic (exact) mass is 563 g/mol. The van der Waals surface area contributed by atoms with E-state index in [4.69, 9.17) is 24.5 Å². The van der Waals surface area contributed by atoms with E-state index in [2.05, 4.69) is 38.6 Å². The zero-order chi connectivity index (χ0) is 27.9. The summed E-state index contributed by atoms with van der Waals surface area (Å²) in [4.78, 5) is 25.5. The summed E-state index contributed by atoms with van der Waals surface area (Å²) in [5.74, 6) is -5.51. The Hall–Kier alpha value is -1.94. The Morgan fingerprint density at radius 1 is 1.00 bits per heavy atom. The average Bonchev–Trinajstić information content (AvgIpc) is 3.46. The first-order valence-corrected chi connectivity index (χ1v) is 12.5. The molecule has 15 heteroatoms. The van der Waals surface area contributed by atoms with Crippen molar-refractivity contribution in [1.29, 1.82) is 0 Å². The molecule has 3 saturated heterocycles. The van der Waals surface area contributed by atoms with E-state index in [1.807, 2.05) is 0 Å². The average molecular weight is 564 g/mol. The highest BCUT2D eigenvalue weighted by Crippen LogP contribution is 2.38. The number of alkyl halides is 6. The van der Waals surface area contributed by atoms with Crippen LogP contribution in [0.15, 0.2) is 16.8 Å². The molecule has 0 radical (unpaired) electrons. The zero-order valence-corrected chi connectivity index (χ0v) is 21.0. The molecule has 4 rings (SSSR count). The van der Waals surface area contributed by atoms with Gasteiger partial charge in [-0.05, 0) is 48.7 Å². The number of rotatable bonds is 3. The highest BCUT2D eigenvalue weighted by atomic mass is 32.1. The van der Waals surface area contributed by atoms with Crippen molar-refractivity contribution in [3.05, 3.63) is 22.4 Å². The van der Waals surface area contributed by atoms with Crippen molar-refractivity contribution >= 4 is 23.3 Å². The largest absolute Gasteiger partial charge is 0.490 e. The SMILES string of the molecule is CN1CCN(C2COC3(CCN(Cc4ccsc4)CC3)C2)CC1.O=C(O)C(F)(F)F.O=C(O)C(F)(F)F. The van der Waals surface area contributed by atoms with Gasteiger partial charge in [0.2, 0.25) is 0 Å². The van der Waals surface area contributed by atoms with E-state index in [1.54, 1.807) is 11.3 Å². The lowest BCUT2D eigenvalue weighted by atomic mass is 9.87. The quantitative estimate of drug-likeness (QED) is 0.541. The van der Waals surface area contributed by atoms with E-state index < -0.39 is 24.3 Å². The second-order valence-corrected chi connectivity index (χ2v) is 9.98. The first kappa shape index (κ1) is 31.3. The smallest absolute Gasteiger partial charge is 0.475 e. The number of carbonyl (C=O) groups is 2. The van der Waals surface area contributed by atoms with Crippen molar-refractivity contribution < 1.29 is 50.9 Å². The number of carboxylic acids is 2. The third kappa shape index (κ3) is 10.4. The molecule has 1 atom stereocenters. The predicted molar refractivity (Wildman–Crippen MR) is 122 cm³/mol. The van der Waals surface area contributed by atoms with Crippen molar-refractivity contribution in [2.24, 2.45) is 0 Å². The summed E-state index contributed by atoms with van der Waals surface area (Å²) in [7, 11) is 2.23. The van der Waals surface area contributed by atoms with Crippen LogP contribution in [-0.4, -0.2) is 114 Å². The van der Waals surface area contributed by atoms with E-state index >= 15 is 0 Å². The second-order valence-electron chi connectivity index (χ2n) is 9.20. The number of ether oxygens (including phenoxy) is 1. The Morgan fingerprint density at radius 2 is 1.51 bits per heavy atom. The maximum absolute atomic E-state index is 10.6. The molecule has 8 nitrogen and oxygen atoms in total. The number of likely N-dealkylation sites (tertiary alicyclic amines) is 1. The lowest BCUT2D eigenvalue weighted by Crippen LogP contribution is -2.50. The maximum Gasteiger partial charge on any atom is 0.490 e. The number of piperidine rings is 1. The van der Waals surface area contributed by atoms with Crippen LogP contribution < -0.4 is 0 Å². The molecule has 0 amide bonds. The molecule has 1 spiro atoms.